The van der Waals surface area contributed by atoms with E-state index in [-0.39, 0.29) is 50.9 Å². The van der Waals surface area contributed by atoms with Gasteiger partial charge in [0, 0.05) is 8.80 Å². The van der Waals surface area contributed by atoms with Crippen LogP contribution in [0.4, 0.5) is 0 Å². The van der Waals surface area contributed by atoms with E-state index in [4.69, 9.17) is 5.73 Å². The summed E-state index contributed by atoms with van der Waals surface area (Å²) < 4.78 is 0. The molecule has 18 heavy (non-hydrogen) atoms. The molecule has 0 aliphatic heterocycles. The van der Waals surface area contributed by atoms with Crippen LogP contribution in [0.5, 0.6) is 0 Å². The zero-order valence-electron chi connectivity index (χ0n) is 14.0. The smallest absolute Gasteiger partial charge is 0.673 e. The van der Waals surface area contributed by atoms with Gasteiger partial charge in [-0.3, -0.25) is 0 Å². The topological polar surface area (TPSA) is 23.8 Å². The standard InChI is InChI=1S/C9H17Si.C4H10N.2CH3.Ti/c1-8(2)6-9(3)7-10(4)5;1-4(2,3)5;;;/h6H,1,7H2,2-5H3;5H,1-3H3;2*1H3;/q;3*-1;+3. The van der Waals surface area contributed by atoms with Crippen molar-refractivity contribution >= 4 is 8.80 Å². The largest absolute Gasteiger partial charge is 3.00 e. The molecule has 0 aromatic carbocycles. The molecule has 0 atom stereocenters. The normalized spacial score (nSPS) is 10.2. The van der Waals surface area contributed by atoms with Crippen molar-refractivity contribution in [2.75, 3.05) is 0 Å². The van der Waals surface area contributed by atoms with Gasteiger partial charge in [0.25, 0.3) is 0 Å². The fourth-order valence-electron chi connectivity index (χ4n) is 1.03. The molecule has 0 rings (SSSR count). The van der Waals surface area contributed by atoms with Gasteiger partial charge in [-0.05, 0) is 19.9 Å². The van der Waals surface area contributed by atoms with Crippen molar-refractivity contribution < 1.29 is 21.7 Å². The first kappa shape index (κ1) is 31.0. The molecule has 0 aromatic heterocycles. The number of rotatable bonds is 3. The number of nitrogens with one attached hydrogen (secondary N) is 1. The van der Waals surface area contributed by atoms with Crippen LogP contribution in [-0.2, 0) is 21.7 Å². The van der Waals surface area contributed by atoms with Crippen LogP contribution in [0.2, 0.25) is 19.1 Å². The first-order valence-electron chi connectivity index (χ1n) is 5.39. The van der Waals surface area contributed by atoms with Gasteiger partial charge in [-0.1, -0.05) is 57.7 Å². The van der Waals surface area contributed by atoms with Gasteiger partial charge in [0.2, 0.25) is 0 Å². The zero-order chi connectivity index (χ0) is 12.6. The van der Waals surface area contributed by atoms with Crippen LogP contribution < -0.4 is 0 Å². The first-order chi connectivity index (χ1) is 6.52. The van der Waals surface area contributed by atoms with Crippen LogP contribution in [0.3, 0.4) is 0 Å². The fourth-order valence-corrected chi connectivity index (χ4v) is 2.25. The van der Waals surface area contributed by atoms with Gasteiger partial charge in [-0.25, -0.2) is 0 Å². The Morgan fingerprint density at radius 1 is 1.17 bits per heavy atom. The van der Waals surface area contributed by atoms with Gasteiger partial charge in [0.15, 0.2) is 0 Å². The van der Waals surface area contributed by atoms with E-state index in [1.807, 2.05) is 27.7 Å². The third kappa shape index (κ3) is 55.2. The Morgan fingerprint density at radius 3 is 1.61 bits per heavy atom. The van der Waals surface area contributed by atoms with E-state index in [9.17, 15) is 0 Å². The molecule has 0 aliphatic carbocycles. The van der Waals surface area contributed by atoms with E-state index < -0.39 is 0 Å². The predicted molar refractivity (Wildman–Crippen MR) is 87.8 cm³/mol. The molecule has 0 saturated carbocycles. The summed E-state index contributed by atoms with van der Waals surface area (Å²) in [6.45, 7) is 18.3. The predicted octanol–water partition coefficient (Wildman–Crippen LogP) is 6.00. The van der Waals surface area contributed by atoms with Crippen molar-refractivity contribution in [3.63, 3.8) is 0 Å². The van der Waals surface area contributed by atoms with Crippen molar-refractivity contribution in [2.24, 2.45) is 0 Å². The number of hydrogen-bond acceptors (Lipinski definition) is 0. The monoisotopic (exact) mass is 303 g/mol. The van der Waals surface area contributed by atoms with Gasteiger partial charge in [0.1, 0.15) is 0 Å². The van der Waals surface area contributed by atoms with Gasteiger partial charge in [0.05, 0.1) is 0 Å². The second-order valence-corrected chi connectivity index (χ2v) is 8.24. The van der Waals surface area contributed by atoms with E-state index in [0.29, 0.717) is 0 Å². The van der Waals surface area contributed by atoms with Gasteiger partial charge in [-0.15, -0.1) is 5.54 Å². The van der Waals surface area contributed by atoms with E-state index in [2.05, 4.69) is 32.7 Å². The van der Waals surface area contributed by atoms with Crippen molar-refractivity contribution in [3.8, 4) is 0 Å². The van der Waals surface area contributed by atoms with Crippen LogP contribution >= 0.6 is 0 Å². The molecular weight excluding hydrogens is 270 g/mol. The summed E-state index contributed by atoms with van der Waals surface area (Å²) in [5.41, 5.74) is 9.33. The van der Waals surface area contributed by atoms with Crippen molar-refractivity contribution in [2.45, 2.75) is 59.3 Å². The average molecular weight is 303 g/mol. The first-order valence-corrected chi connectivity index (χ1v) is 8.10. The maximum Gasteiger partial charge on any atom is 3.00 e. The summed E-state index contributed by atoms with van der Waals surface area (Å²) in [6, 6.07) is 1.29. The van der Waals surface area contributed by atoms with Gasteiger partial charge in [-0.2, -0.15) is 0 Å². The molecule has 0 spiro atoms. The van der Waals surface area contributed by atoms with E-state index in [1.54, 1.807) is 0 Å². The fraction of sp³-hybridized carbons (Fsp3) is 0.600. The summed E-state index contributed by atoms with van der Waals surface area (Å²) in [5.74, 6) is 0. The Kier molecular flexibility index (Phi) is 26.6. The van der Waals surface area contributed by atoms with Crippen LogP contribution in [0.25, 0.3) is 5.73 Å². The van der Waals surface area contributed by atoms with Crippen molar-refractivity contribution in [1.82, 2.24) is 0 Å². The summed E-state index contributed by atoms with van der Waals surface area (Å²) >= 11 is 0. The van der Waals surface area contributed by atoms with Crippen LogP contribution in [-0.4, -0.2) is 14.3 Å². The minimum Gasteiger partial charge on any atom is -0.673 e. The molecule has 0 saturated heterocycles. The van der Waals surface area contributed by atoms with Gasteiger partial charge >= 0.3 is 21.7 Å². The third-order valence-electron chi connectivity index (χ3n) is 1.13. The maximum atomic E-state index is 6.94. The third-order valence-corrected chi connectivity index (χ3v) is 2.39. The molecule has 0 aromatic rings. The maximum absolute atomic E-state index is 6.94. The molecule has 0 bridgehead atoms. The van der Waals surface area contributed by atoms with E-state index in [1.165, 1.54) is 17.2 Å². The van der Waals surface area contributed by atoms with E-state index >= 15 is 0 Å². The summed E-state index contributed by atoms with van der Waals surface area (Å²) in [4.78, 5) is 0. The molecule has 1 nitrogen and oxygen atoms in total. The molecule has 0 heterocycles. The second-order valence-electron chi connectivity index (χ2n) is 5.47. The number of allylic oxidation sites excluding steroid dienone is 3. The van der Waals surface area contributed by atoms with Crippen LogP contribution in [0.1, 0.15) is 34.6 Å². The van der Waals surface area contributed by atoms with Crippen molar-refractivity contribution in [1.29, 1.82) is 0 Å². The molecule has 106 valence electrons. The molecule has 1 N–H and O–H groups in total. The summed E-state index contributed by atoms with van der Waals surface area (Å²) in [6.07, 6.45) is 2.18. The second kappa shape index (κ2) is 15.4. The number of hydrogen-bond donors (Lipinski definition) is 0. The Morgan fingerprint density at radius 2 is 1.44 bits per heavy atom. The van der Waals surface area contributed by atoms with Crippen LogP contribution in [0, 0.1) is 14.9 Å². The SMILES string of the molecule is C=C(C)C=C(C)C[Si](C)C.CC(C)(C)[NH-].[CH3-].[CH3-].[Ti+3]. The molecule has 3 heteroatoms. The zero-order valence-corrected chi connectivity index (χ0v) is 16.6. The van der Waals surface area contributed by atoms with Crippen LogP contribution in [0.15, 0.2) is 23.8 Å². The minimum atomic E-state index is -0.250. The summed E-state index contributed by atoms with van der Waals surface area (Å²) in [7, 11) is -0.0883. The average Bonchev–Trinajstić information content (AvgIpc) is 1.76. The molecule has 2 radical (unpaired) electrons. The Bertz CT molecular complexity index is 209. The Labute approximate surface area is 134 Å². The quantitative estimate of drug-likeness (QED) is 0.347. The van der Waals surface area contributed by atoms with E-state index in [0.717, 1.165) is 0 Å². The molecule has 0 aliphatic rings. The Hall–Kier alpha value is 0.371. The summed E-state index contributed by atoms with van der Waals surface area (Å²) in [5, 5.41) is 0. The molecule has 0 amide bonds. The molecular formula is C15H33NSiTi. The Balaban J connectivity index is -0.0000000621. The molecule has 0 fully saturated rings. The minimum absolute atomic E-state index is 0. The van der Waals surface area contributed by atoms with Gasteiger partial charge < -0.3 is 20.6 Å². The molecule has 0 unspecified atom stereocenters. The van der Waals surface area contributed by atoms with Crippen molar-refractivity contribution in [3.05, 3.63) is 44.4 Å².